The van der Waals surface area contributed by atoms with Crippen molar-refractivity contribution in [2.75, 3.05) is 11.6 Å². The number of nitrogens with zero attached hydrogens (tertiary/aromatic N) is 2. The SMILES string of the molecule is O=C(NCC1=NN(c2ccc(Cl)cc2Cl)C(c2ccc(Cl)cc2)C1)c1cc2cc(Cl)ccc2[nH]1. The van der Waals surface area contributed by atoms with Crippen molar-refractivity contribution >= 4 is 74.6 Å². The molecular weight excluding hydrogens is 514 g/mol. The lowest BCUT2D eigenvalue weighted by Gasteiger charge is -2.25. The number of hydrogen-bond donors (Lipinski definition) is 2. The van der Waals surface area contributed by atoms with Crippen LogP contribution in [0.3, 0.4) is 0 Å². The summed E-state index contributed by atoms with van der Waals surface area (Å²) in [6, 6.07) is 20.1. The molecule has 9 heteroatoms. The zero-order chi connectivity index (χ0) is 23.8. The fourth-order valence-corrected chi connectivity index (χ4v) is 4.82. The van der Waals surface area contributed by atoms with Gasteiger partial charge in [0.2, 0.25) is 0 Å². The quantitative estimate of drug-likeness (QED) is 0.280. The van der Waals surface area contributed by atoms with Crippen molar-refractivity contribution in [2.24, 2.45) is 5.10 Å². The van der Waals surface area contributed by atoms with Crippen LogP contribution in [0.5, 0.6) is 0 Å². The number of carbonyl (C=O) groups excluding carboxylic acids is 1. The van der Waals surface area contributed by atoms with Crippen molar-refractivity contribution in [3.63, 3.8) is 0 Å². The average molecular weight is 532 g/mol. The van der Waals surface area contributed by atoms with E-state index in [1.165, 1.54) is 0 Å². The van der Waals surface area contributed by atoms with Gasteiger partial charge in [-0.2, -0.15) is 5.10 Å². The molecule has 1 atom stereocenters. The van der Waals surface area contributed by atoms with Gasteiger partial charge >= 0.3 is 0 Å². The van der Waals surface area contributed by atoms with E-state index in [-0.39, 0.29) is 11.9 Å². The summed E-state index contributed by atoms with van der Waals surface area (Å²) in [4.78, 5) is 15.9. The van der Waals surface area contributed by atoms with Crippen molar-refractivity contribution in [1.82, 2.24) is 10.3 Å². The van der Waals surface area contributed by atoms with Crippen molar-refractivity contribution < 1.29 is 4.79 Å². The highest BCUT2D eigenvalue weighted by molar-refractivity contribution is 6.36. The number of aromatic nitrogens is 1. The molecule has 5 nitrogen and oxygen atoms in total. The summed E-state index contributed by atoms with van der Waals surface area (Å²) in [5.41, 5.74) is 3.90. The molecule has 4 aromatic rings. The number of hydrazone groups is 1. The number of anilines is 1. The molecule has 1 aliphatic heterocycles. The van der Waals surface area contributed by atoms with E-state index in [4.69, 9.17) is 51.5 Å². The minimum absolute atomic E-state index is 0.0990. The second-order valence-electron chi connectivity index (χ2n) is 7.98. The van der Waals surface area contributed by atoms with Crippen LogP contribution in [0.15, 0.2) is 71.8 Å². The van der Waals surface area contributed by atoms with Crippen LogP contribution in [0.4, 0.5) is 5.69 Å². The molecule has 0 saturated heterocycles. The second-order valence-corrected chi connectivity index (χ2v) is 9.69. The summed E-state index contributed by atoms with van der Waals surface area (Å²) in [6.45, 7) is 0.292. The number of halogens is 4. The smallest absolute Gasteiger partial charge is 0.268 e. The fourth-order valence-electron chi connectivity index (χ4n) is 4.02. The van der Waals surface area contributed by atoms with Gasteiger partial charge in [0, 0.05) is 32.4 Å². The van der Waals surface area contributed by atoms with Crippen molar-refractivity contribution in [3.8, 4) is 0 Å². The number of amides is 1. The summed E-state index contributed by atoms with van der Waals surface area (Å²) in [5.74, 6) is -0.221. The highest BCUT2D eigenvalue weighted by Gasteiger charge is 2.30. The van der Waals surface area contributed by atoms with E-state index < -0.39 is 0 Å². The molecule has 5 rings (SSSR count). The van der Waals surface area contributed by atoms with Gasteiger partial charge in [-0.3, -0.25) is 9.80 Å². The minimum Gasteiger partial charge on any atom is -0.351 e. The molecule has 1 aromatic heterocycles. The van der Waals surface area contributed by atoms with Gasteiger partial charge < -0.3 is 10.3 Å². The molecule has 2 heterocycles. The lowest BCUT2D eigenvalue weighted by molar-refractivity contribution is 0.0955. The summed E-state index contributed by atoms with van der Waals surface area (Å²) in [5, 5.41) is 12.8. The maximum atomic E-state index is 12.8. The Kier molecular flexibility index (Phi) is 6.45. The molecule has 0 spiro atoms. The molecule has 1 amide bonds. The molecule has 34 heavy (non-hydrogen) atoms. The predicted octanol–water partition coefficient (Wildman–Crippen LogP) is 7.52. The Morgan fingerprint density at radius 3 is 2.41 bits per heavy atom. The Morgan fingerprint density at radius 2 is 1.65 bits per heavy atom. The summed E-state index contributed by atoms with van der Waals surface area (Å²) in [7, 11) is 0. The Bertz CT molecular complexity index is 1410. The van der Waals surface area contributed by atoms with E-state index in [2.05, 4.69) is 10.3 Å². The van der Waals surface area contributed by atoms with E-state index in [1.807, 2.05) is 47.5 Å². The maximum absolute atomic E-state index is 12.8. The van der Waals surface area contributed by atoms with Crippen LogP contribution >= 0.6 is 46.4 Å². The van der Waals surface area contributed by atoms with Gasteiger partial charge in [-0.25, -0.2) is 0 Å². The topological polar surface area (TPSA) is 60.5 Å². The monoisotopic (exact) mass is 530 g/mol. The molecule has 1 unspecified atom stereocenters. The number of rotatable bonds is 5. The number of benzene rings is 3. The third-order valence-electron chi connectivity index (χ3n) is 5.67. The first-order valence-corrected chi connectivity index (χ1v) is 12.0. The zero-order valence-electron chi connectivity index (χ0n) is 17.7. The molecule has 0 fully saturated rings. The highest BCUT2D eigenvalue weighted by atomic mass is 35.5. The normalized spacial score (nSPS) is 15.6. The number of nitrogens with one attached hydrogen (secondary N) is 2. The summed E-state index contributed by atoms with van der Waals surface area (Å²) in [6.07, 6.45) is 0.614. The van der Waals surface area contributed by atoms with Crippen LogP contribution in [-0.4, -0.2) is 23.1 Å². The third kappa shape index (κ3) is 4.75. The Morgan fingerprint density at radius 1 is 0.941 bits per heavy atom. The van der Waals surface area contributed by atoms with Gasteiger partial charge in [-0.05, 0) is 60.2 Å². The average Bonchev–Trinajstić information content (AvgIpc) is 3.42. The van der Waals surface area contributed by atoms with Gasteiger partial charge in [0.05, 0.1) is 29.0 Å². The molecule has 0 radical (unpaired) electrons. The minimum atomic E-state index is -0.221. The number of aromatic amines is 1. The third-order valence-corrected chi connectivity index (χ3v) is 6.69. The van der Waals surface area contributed by atoms with Crippen LogP contribution in [-0.2, 0) is 0 Å². The number of carbonyl (C=O) groups is 1. The van der Waals surface area contributed by atoms with E-state index in [9.17, 15) is 4.79 Å². The molecule has 0 aliphatic carbocycles. The number of hydrogen-bond acceptors (Lipinski definition) is 3. The van der Waals surface area contributed by atoms with Crippen molar-refractivity contribution in [1.29, 1.82) is 0 Å². The van der Waals surface area contributed by atoms with Crippen molar-refractivity contribution in [2.45, 2.75) is 12.5 Å². The lowest BCUT2D eigenvalue weighted by Crippen LogP contribution is -2.29. The summed E-state index contributed by atoms with van der Waals surface area (Å²) >= 11 is 24.7. The first kappa shape index (κ1) is 23.1. The van der Waals surface area contributed by atoms with Gasteiger partial charge in [-0.15, -0.1) is 0 Å². The van der Waals surface area contributed by atoms with Crippen molar-refractivity contribution in [3.05, 3.63) is 98.1 Å². The van der Waals surface area contributed by atoms with E-state index in [0.29, 0.717) is 38.8 Å². The second kappa shape index (κ2) is 9.51. The molecule has 0 bridgehead atoms. The Hall–Kier alpha value is -2.70. The van der Waals surface area contributed by atoms with Crippen LogP contribution in [0.25, 0.3) is 10.9 Å². The zero-order valence-corrected chi connectivity index (χ0v) is 20.7. The number of fused-ring (bicyclic) bond motifs is 1. The standard InChI is InChI=1S/C25H18Cl4N4O/c26-16-3-1-14(2-4-16)24-12-19(32-33(24)23-8-6-18(28)11-20(23)29)13-30-25(34)22-10-15-9-17(27)5-7-21(15)31-22/h1-11,24,31H,12-13H2,(H,30,34). The predicted molar refractivity (Wildman–Crippen MR) is 141 cm³/mol. The summed E-state index contributed by atoms with van der Waals surface area (Å²) < 4.78 is 0. The van der Waals surface area contributed by atoms with E-state index in [0.717, 1.165) is 27.9 Å². The molecule has 2 N–H and O–H groups in total. The molecule has 0 saturated carbocycles. The first-order chi connectivity index (χ1) is 16.4. The maximum Gasteiger partial charge on any atom is 0.268 e. The van der Waals surface area contributed by atoms with Gasteiger partial charge in [0.15, 0.2) is 0 Å². The molecule has 3 aromatic carbocycles. The Balaban J connectivity index is 1.38. The highest BCUT2D eigenvalue weighted by Crippen LogP contribution is 2.39. The number of H-pyrrole nitrogens is 1. The first-order valence-electron chi connectivity index (χ1n) is 10.5. The molecular formula is C25H18Cl4N4O. The van der Waals surface area contributed by atoms with Crippen LogP contribution in [0.1, 0.15) is 28.5 Å². The van der Waals surface area contributed by atoms with Gasteiger partial charge in [-0.1, -0.05) is 58.5 Å². The Labute approximate surface area is 216 Å². The largest absolute Gasteiger partial charge is 0.351 e. The van der Waals surface area contributed by atoms with Crippen LogP contribution in [0, 0.1) is 0 Å². The van der Waals surface area contributed by atoms with Crippen LogP contribution in [0.2, 0.25) is 20.1 Å². The molecule has 172 valence electrons. The van der Waals surface area contributed by atoms with Gasteiger partial charge in [0.1, 0.15) is 5.69 Å². The molecule has 1 aliphatic rings. The fraction of sp³-hybridized carbons (Fsp3) is 0.120. The van der Waals surface area contributed by atoms with E-state index in [1.54, 1.807) is 24.3 Å². The van der Waals surface area contributed by atoms with Gasteiger partial charge in [0.25, 0.3) is 5.91 Å². The van der Waals surface area contributed by atoms with Crippen LogP contribution < -0.4 is 10.3 Å². The lowest BCUT2D eigenvalue weighted by atomic mass is 10.0. The van der Waals surface area contributed by atoms with E-state index >= 15 is 0 Å².